The zero-order valence-corrected chi connectivity index (χ0v) is 22.3. The molecule has 4 fully saturated rings. The summed E-state index contributed by atoms with van der Waals surface area (Å²) in [6, 6.07) is 5.90. The smallest absolute Gasteiger partial charge is 0.128 e. The van der Waals surface area contributed by atoms with Crippen LogP contribution in [0, 0.1) is 46.3 Å². The third kappa shape index (κ3) is 3.73. The Kier molecular flexibility index (Phi) is 5.99. The molecule has 0 spiro atoms. The molecule has 0 aliphatic heterocycles. The number of rotatable bonds is 4. The molecule has 6 rings (SSSR count). The molecule has 4 aliphatic carbocycles. The van der Waals surface area contributed by atoms with Crippen molar-refractivity contribution in [2.45, 2.75) is 97.8 Å². The highest BCUT2D eigenvalue weighted by atomic mass is 35.5. The van der Waals surface area contributed by atoms with Crippen molar-refractivity contribution in [2.24, 2.45) is 46.3 Å². The quantitative estimate of drug-likeness (QED) is 0.438. The maximum absolute atomic E-state index is 6.20. The number of hydrogen-bond acceptors (Lipinski definition) is 2. The summed E-state index contributed by atoms with van der Waals surface area (Å²) in [6.45, 7) is 7.94. The Labute approximate surface area is 211 Å². The average Bonchev–Trinajstić information content (AvgIpc) is 3.19. The summed E-state index contributed by atoms with van der Waals surface area (Å²) >= 11 is 6.20. The van der Waals surface area contributed by atoms with E-state index in [9.17, 15) is 0 Å². The Morgan fingerprint density at radius 3 is 2.71 bits per heavy atom. The lowest BCUT2D eigenvalue weighted by Crippen LogP contribution is -2.53. The Balaban J connectivity index is 1.15. The van der Waals surface area contributed by atoms with Crippen molar-refractivity contribution in [1.29, 1.82) is 0 Å². The van der Waals surface area contributed by atoms with Crippen LogP contribution in [0.4, 0.5) is 0 Å². The van der Waals surface area contributed by atoms with Gasteiger partial charge in [-0.2, -0.15) is 0 Å². The zero-order chi connectivity index (χ0) is 23.5. The molecular weight excluding hydrogens is 436 g/mol. The number of fused-ring (bicyclic) bond motifs is 6. The first-order chi connectivity index (χ1) is 16.4. The maximum atomic E-state index is 6.20. The Morgan fingerprint density at radius 2 is 1.82 bits per heavy atom. The van der Waals surface area contributed by atoms with Gasteiger partial charge in [0.2, 0.25) is 0 Å². The topological polar surface area (TPSA) is 25.8 Å². The average molecular weight is 479 g/mol. The summed E-state index contributed by atoms with van der Waals surface area (Å²) in [5.74, 6) is 6.60. The standard InChI is InChI=1S/C31H43ClN2/c1-20(7-14-29-33-19-21-8-10-23(32)18-28(21)34-29)25-12-13-26-24-11-9-22-6-4-5-16-30(22,2)27(24)15-17-31(25,26)3/h8,10,18-20,22,24-27H,4-7,9,11-17H2,1-3H3/t20-,22?,24?,25-,26?,27?,30?,31?/m1/s1. The van der Waals surface area contributed by atoms with Crippen molar-refractivity contribution in [3.05, 3.63) is 35.2 Å². The molecule has 2 nitrogen and oxygen atoms in total. The van der Waals surface area contributed by atoms with E-state index in [1.54, 1.807) is 0 Å². The van der Waals surface area contributed by atoms with Gasteiger partial charge in [0.25, 0.3) is 0 Å². The van der Waals surface area contributed by atoms with Crippen molar-refractivity contribution in [1.82, 2.24) is 9.97 Å². The molecule has 4 saturated carbocycles. The second kappa shape index (κ2) is 8.75. The van der Waals surface area contributed by atoms with E-state index in [-0.39, 0.29) is 0 Å². The minimum absolute atomic E-state index is 0.552. The summed E-state index contributed by atoms with van der Waals surface area (Å²) in [7, 11) is 0. The van der Waals surface area contributed by atoms with Gasteiger partial charge in [0.1, 0.15) is 5.82 Å². The van der Waals surface area contributed by atoms with E-state index < -0.39 is 0 Å². The normalized spacial score (nSPS) is 40.4. The molecule has 0 radical (unpaired) electrons. The van der Waals surface area contributed by atoms with E-state index in [1.165, 1.54) is 70.6 Å². The molecule has 34 heavy (non-hydrogen) atoms. The lowest BCUT2D eigenvalue weighted by Gasteiger charge is -2.61. The third-order valence-electron chi connectivity index (χ3n) is 11.8. The predicted molar refractivity (Wildman–Crippen MR) is 142 cm³/mol. The molecule has 8 atom stereocenters. The number of aromatic nitrogens is 2. The highest BCUT2D eigenvalue weighted by Crippen LogP contribution is 2.68. The van der Waals surface area contributed by atoms with E-state index in [4.69, 9.17) is 16.6 Å². The predicted octanol–water partition coefficient (Wildman–Crippen LogP) is 8.90. The second-order valence-electron chi connectivity index (χ2n) is 13.1. The number of aryl methyl sites for hydroxylation is 1. The lowest BCUT2D eigenvalue weighted by atomic mass is 9.44. The first kappa shape index (κ1) is 23.3. The Morgan fingerprint density at radius 1 is 0.971 bits per heavy atom. The van der Waals surface area contributed by atoms with E-state index in [2.05, 4.69) is 25.8 Å². The Hall–Kier alpha value is -1.15. The molecular formula is C31H43ClN2. The van der Waals surface area contributed by atoms with Crippen LogP contribution in [0.1, 0.15) is 97.2 Å². The molecule has 4 aliphatic rings. The SMILES string of the molecule is C[C@H](CCc1ncc2ccc(Cl)cc2n1)[C@H]1CCC2C3CCC4CCCCC4(C)C3CCC21C. The van der Waals surface area contributed by atoms with E-state index >= 15 is 0 Å². The Bertz CT molecular complexity index is 1050. The summed E-state index contributed by atoms with van der Waals surface area (Å²) in [4.78, 5) is 9.52. The second-order valence-corrected chi connectivity index (χ2v) is 13.6. The van der Waals surface area contributed by atoms with Crippen LogP contribution < -0.4 is 0 Å². The van der Waals surface area contributed by atoms with Gasteiger partial charge in [-0.05, 0) is 122 Å². The van der Waals surface area contributed by atoms with Crippen LogP contribution in [-0.4, -0.2) is 9.97 Å². The first-order valence-electron chi connectivity index (χ1n) is 14.3. The van der Waals surface area contributed by atoms with Gasteiger partial charge >= 0.3 is 0 Å². The molecule has 184 valence electrons. The summed E-state index contributed by atoms with van der Waals surface area (Å²) in [5.41, 5.74) is 2.18. The van der Waals surface area contributed by atoms with Gasteiger partial charge < -0.3 is 0 Å². The fourth-order valence-electron chi connectivity index (χ4n) is 9.98. The van der Waals surface area contributed by atoms with Gasteiger partial charge in [-0.3, -0.25) is 0 Å². The third-order valence-corrected chi connectivity index (χ3v) is 12.0. The molecule has 1 aromatic carbocycles. The minimum atomic E-state index is 0.552. The van der Waals surface area contributed by atoms with Gasteiger partial charge in [-0.25, -0.2) is 9.97 Å². The highest BCUT2D eigenvalue weighted by Gasteiger charge is 2.60. The summed E-state index contributed by atoms with van der Waals surface area (Å²) in [6.07, 6.45) is 19.1. The number of nitrogens with zero attached hydrogens (tertiary/aromatic N) is 2. The van der Waals surface area contributed by atoms with Crippen LogP contribution in [0.5, 0.6) is 0 Å². The van der Waals surface area contributed by atoms with Crippen LogP contribution in [0.3, 0.4) is 0 Å². The van der Waals surface area contributed by atoms with Crippen LogP contribution >= 0.6 is 11.6 Å². The number of hydrogen-bond donors (Lipinski definition) is 0. The molecule has 2 aromatic rings. The molecule has 0 saturated heterocycles. The largest absolute Gasteiger partial charge is 0.241 e. The van der Waals surface area contributed by atoms with Crippen molar-refractivity contribution in [3.8, 4) is 0 Å². The first-order valence-corrected chi connectivity index (χ1v) is 14.7. The van der Waals surface area contributed by atoms with Crippen molar-refractivity contribution >= 4 is 22.5 Å². The number of halogens is 1. The van der Waals surface area contributed by atoms with Crippen LogP contribution in [0.2, 0.25) is 5.02 Å². The van der Waals surface area contributed by atoms with Crippen LogP contribution in [-0.2, 0) is 6.42 Å². The van der Waals surface area contributed by atoms with Crippen LogP contribution in [0.15, 0.2) is 24.4 Å². The molecule has 0 amide bonds. The van der Waals surface area contributed by atoms with Crippen molar-refractivity contribution in [2.75, 3.05) is 0 Å². The molecule has 1 heterocycles. The van der Waals surface area contributed by atoms with Crippen molar-refractivity contribution in [3.63, 3.8) is 0 Å². The lowest BCUT2D eigenvalue weighted by molar-refractivity contribution is -0.114. The van der Waals surface area contributed by atoms with Gasteiger partial charge in [0.05, 0.1) is 5.52 Å². The van der Waals surface area contributed by atoms with Gasteiger partial charge in [0, 0.05) is 23.0 Å². The number of benzene rings is 1. The molecule has 6 unspecified atom stereocenters. The maximum Gasteiger partial charge on any atom is 0.128 e. The summed E-state index contributed by atoms with van der Waals surface area (Å²) in [5, 5.41) is 1.83. The van der Waals surface area contributed by atoms with E-state index in [0.717, 1.165) is 63.7 Å². The monoisotopic (exact) mass is 478 g/mol. The molecule has 1 aromatic heterocycles. The fourth-order valence-corrected chi connectivity index (χ4v) is 10.1. The molecule has 0 bridgehead atoms. The summed E-state index contributed by atoms with van der Waals surface area (Å²) < 4.78 is 0. The van der Waals surface area contributed by atoms with Gasteiger partial charge in [-0.1, -0.05) is 45.2 Å². The fraction of sp³-hybridized carbons (Fsp3) is 0.742. The molecule has 3 heteroatoms. The van der Waals surface area contributed by atoms with Crippen LogP contribution in [0.25, 0.3) is 10.9 Å². The van der Waals surface area contributed by atoms with E-state index in [0.29, 0.717) is 10.8 Å². The molecule has 0 N–H and O–H groups in total. The van der Waals surface area contributed by atoms with E-state index in [1.807, 2.05) is 24.4 Å². The van der Waals surface area contributed by atoms with Crippen molar-refractivity contribution < 1.29 is 0 Å². The van der Waals surface area contributed by atoms with Gasteiger partial charge in [-0.15, -0.1) is 0 Å². The highest BCUT2D eigenvalue weighted by molar-refractivity contribution is 6.31. The zero-order valence-electron chi connectivity index (χ0n) is 21.5. The minimum Gasteiger partial charge on any atom is -0.241 e. The van der Waals surface area contributed by atoms with Gasteiger partial charge in [0.15, 0.2) is 0 Å².